The van der Waals surface area contributed by atoms with E-state index in [9.17, 15) is 13.0 Å². The summed E-state index contributed by atoms with van der Waals surface area (Å²) in [6, 6.07) is 5.09. The van der Waals surface area contributed by atoms with Crippen LogP contribution in [-0.2, 0) is 10.1 Å². The summed E-state index contributed by atoms with van der Waals surface area (Å²) in [6.45, 7) is 1.93. The molecule has 0 radical (unpaired) electrons. The Morgan fingerprint density at radius 3 is 2.75 bits per heavy atom. The maximum absolute atomic E-state index is 11.3. The van der Waals surface area contributed by atoms with Gasteiger partial charge in [0.25, 0.3) is 10.1 Å². The highest BCUT2D eigenvalue weighted by Gasteiger charge is 2.24. The summed E-state index contributed by atoms with van der Waals surface area (Å²) >= 11 is 1.83. The summed E-state index contributed by atoms with van der Waals surface area (Å²) in [5, 5.41) is 0. The molecule has 0 spiro atoms. The molecule has 1 saturated heterocycles. The van der Waals surface area contributed by atoms with Crippen LogP contribution in [0.5, 0.6) is 0 Å². The van der Waals surface area contributed by atoms with Crippen LogP contribution in [0.15, 0.2) is 23.1 Å². The molecule has 1 N–H and O–H groups in total. The van der Waals surface area contributed by atoms with Crippen molar-refractivity contribution < 1.29 is 13.0 Å². The molecule has 1 aromatic carbocycles. The first-order chi connectivity index (χ1) is 7.48. The first-order valence-electron chi connectivity index (χ1n) is 5.14. The maximum Gasteiger partial charge on any atom is 0.294 e. The van der Waals surface area contributed by atoms with E-state index in [0.717, 1.165) is 29.1 Å². The van der Waals surface area contributed by atoms with E-state index in [4.69, 9.17) is 0 Å². The zero-order chi connectivity index (χ0) is 11.8. The molecule has 0 saturated carbocycles. The third-order valence-corrected chi connectivity index (χ3v) is 4.90. The molecule has 0 aliphatic carbocycles. The van der Waals surface area contributed by atoms with Gasteiger partial charge in [0.05, 0.1) is 4.90 Å². The van der Waals surface area contributed by atoms with Gasteiger partial charge >= 0.3 is 0 Å². The molecule has 16 heavy (non-hydrogen) atoms. The molecule has 88 valence electrons. The maximum atomic E-state index is 11.3. The SMILES string of the molecule is Cc1ccc(S(=O)(=O)O)c(C2CCSC2)c1. The van der Waals surface area contributed by atoms with E-state index in [0.29, 0.717) is 0 Å². The van der Waals surface area contributed by atoms with Crippen LogP contribution in [0.1, 0.15) is 23.5 Å². The minimum Gasteiger partial charge on any atom is -0.282 e. The van der Waals surface area contributed by atoms with Crippen molar-refractivity contribution in [2.24, 2.45) is 0 Å². The Balaban J connectivity index is 2.52. The van der Waals surface area contributed by atoms with Gasteiger partial charge in [-0.2, -0.15) is 20.2 Å². The quantitative estimate of drug-likeness (QED) is 0.828. The zero-order valence-electron chi connectivity index (χ0n) is 9.01. The second-order valence-corrected chi connectivity index (χ2v) is 6.62. The third kappa shape index (κ3) is 2.42. The van der Waals surface area contributed by atoms with Gasteiger partial charge in [-0.1, -0.05) is 17.7 Å². The summed E-state index contributed by atoms with van der Waals surface area (Å²) in [7, 11) is -4.10. The van der Waals surface area contributed by atoms with Crippen LogP contribution in [0, 0.1) is 6.92 Å². The fourth-order valence-corrected chi connectivity index (χ4v) is 4.01. The predicted molar refractivity (Wildman–Crippen MR) is 65.7 cm³/mol. The Morgan fingerprint density at radius 1 is 1.44 bits per heavy atom. The summed E-state index contributed by atoms with van der Waals surface area (Å²) < 4.78 is 31.7. The minimum absolute atomic E-state index is 0.0746. The van der Waals surface area contributed by atoms with Gasteiger partial charge in [0.1, 0.15) is 0 Å². The van der Waals surface area contributed by atoms with E-state index >= 15 is 0 Å². The summed E-state index contributed by atoms with van der Waals surface area (Å²) in [5.74, 6) is 2.25. The average Bonchev–Trinajstić information content (AvgIpc) is 2.68. The molecule has 1 atom stereocenters. The van der Waals surface area contributed by atoms with E-state index in [1.54, 1.807) is 6.07 Å². The molecule has 2 rings (SSSR count). The molecule has 1 fully saturated rings. The fraction of sp³-hybridized carbons (Fsp3) is 0.455. The summed E-state index contributed by atoms with van der Waals surface area (Å²) in [6.07, 6.45) is 0.983. The van der Waals surface area contributed by atoms with E-state index in [-0.39, 0.29) is 10.8 Å². The van der Waals surface area contributed by atoms with Gasteiger partial charge in [-0.15, -0.1) is 0 Å². The van der Waals surface area contributed by atoms with Gasteiger partial charge in [-0.3, -0.25) is 4.55 Å². The van der Waals surface area contributed by atoms with E-state index < -0.39 is 10.1 Å². The molecule has 1 unspecified atom stereocenters. The normalized spacial score (nSPS) is 21.2. The molecule has 0 amide bonds. The highest BCUT2D eigenvalue weighted by molar-refractivity contribution is 7.99. The van der Waals surface area contributed by atoms with Crippen molar-refractivity contribution in [3.63, 3.8) is 0 Å². The van der Waals surface area contributed by atoms with Crippen LogP contribution in [0.25, 0.3) is 0 Å². The molecule has 1 heterocycles. The molecule has 3 nitrogen and oxygen atoms in total. The Labute approximate surface area is 100 Å². The van der Waals surface area contributed by atoms with E-state index in [1.165, 1.54) is 6.07 Å². The molecular weight excluding hydrogens is 244 g/mol. The number of rotatable bonds is 2. The van der Waals surface area contributed by atoms with E-state index in [2.05, 4.69) is 0 Å². The summed E-state index contributed by atoms with van der Waals surface area (Å²) in [5.41, 5.74) is 1.80. The average molecular weight is 258 g/mol. The predicted octanol–water partition coefficient (Wildman–Crippen LogP) is 2.46. The molecule has 1 aliphatic rings. The number of benzene rings is 1. The smallest absolute Gasteiger partial charge is 0.282 e. The standard InChI is InChI=1S/C11H14O3S2/c1-8-2-3-11(16(12,13)14)10(6-8)9-4-5-15-7-9/h2-3,6,9H,4-5,7H2,1H3,(H,12,13,14). The Kier molecular flexibility index (Phi) is 3.28. The van der Waals surface area contributed by atoms with Gasteiger partial charge < -0.3 is 0 Å². The van der Waals surface area contributed by atoms with Gasteiger partial charge in [0.15, 0.2) is 0 Å². The molecule has 0 aromatic heterocycles. The van der Waals surface area contributed by atoms with Crippen molar-refractivity contribution in [2.75, 3.05) is 11.5 Å². The van der Waals surface area contributed by atoms with Crippen LogP contribution in [0.2, 0.25) is 0 Å². The topological polar surface area (TPSA) is 54.4 Å². The van der Waals surface area contributed by atoms with Gasteiger partial charge in [0.2, 0.25) is 0 Å². The van der Waals surface area contributed by atoms with Crippen LogP contribution in [-0.4, -0.2) is 24.5 Å². The number of thioether (sulfide) groups is 1. The fourth-order valence-electron chi connectivity index (χ4n) is 2.00. The van der Waals surface area contributed by atoms with Crippen molar-refractivity contribution in [1.29, 1.82) is 0 Å². The number of hydrogen-bond donors (Lipinski definition) is 1. The number of hydrogen-bond acceptors (Lipinski definition) is 3. The highest BCUT2D eigenvalue weighted by Crippen LogP contribution is 2.36. The largest absolute Gasteiger partial charge is 0.294 e. The van der Waals surface area contributed by atoms with Crippen LogP contribution < -0.4 is 0 Å². The van der Waals surface area contributed by atoms with Crippen LogP contribution >= 0.6 is 11.8 Å². The van der Waals surface area contributed by atoms with Crippen molar-refractivity contribution in [2.45, 2.75) is 24.2 Å². The van der Waals surface area contributed by atoms with Crippen molar-refractivity contribution in [3.8, 4) is 0 Å². The Morgan fingerprint density at radius 2 is 2.19 bits per heavy atom. The van der Waals surface area contributed by atoms with Crippen molar-refractivity contribution >= 4 is 21.9 Å². The Hall–Kier alpha value is -0.520. The van der Waals surface area contributed by atoms with Crippen LogP contribution in [0.4, 0.5) is 0 Å². The van der Waals surface area contributed by atoms with Crippen LogP contribution in [0.3, 0.4) is 0 Å². The lowest BCUT2D eigenvalue weighted by atomic mass is 9.97. The Bertz CT molecular complexity index is 488. The van der Waals surface area contributed by atoms with Gasteiger partial charge in [0, 0.05) is 5.75 Å². The molecule has 5 heteroatoms. The second-order valence-electron chi connectivity index (χ2n) is 4.08. The third-order valence-electron chi connectivity index (χ3n) is 2.81. The minimum atomic E-state index is -4.10. The molecule has 0 bridgehead atoms. The highest BCUT2D eigenvalue weighted by atomic mass is 32.2. The zero-order valence-corrected chi connectivity index (χ0v) is 10.6. The first-order valence-corrected chi connectivity index (χ1v) is 7.74. The lowest BCUT2D eigenvalue weighted by Crippen LogP contribution is -2.07. The van der Waals surface area contributed by atoms with E-state index in [1.807, 2.05) is 24.8 Å². The molecule has 1 aliphatic heterocycles. The lowest BCUT2D eigenvalue weighted by Gasteiger charge is -2.13. The lowest BCUT2D eigenvalue weighted by molar-refractivity contribution is 0.481. The summed E-state index contributed by atoms with van der Waals surface area (Å²) in [4.78, 5) is 0.0746. The monoisotopic (exact) mass is 258 g/mol. The number of aryl methyl sites for hydroxylation is 1. The second kappa shape index (κ2) is 4.39. The molecule has 1 aromatic rings. The molecular formula is C11H14O3S2. The van der Waals surface area contributed by atoms with Crippen molar-refractivity contribution in [3.05, 3.63) is 29.3 Å². The van der Waals surface area contributed by atoms with Crippen molar-refractivity contribution in [1.82, 2.24) is 0 Å². The first kappa shape index (κ1) is 12.0. The van der Waals surface area contributed by atoms with Gasteiger partial charge in [-0.25, -0.2) is 0 Å². The van der Waals surface area contributed by atoms with Gasteiger partial charge in [-0.05, 0) is 36.6 Å².